The molecule has 1 unspecified atom stereocenters. The molecule has 0 fully saturated rings. The number of benzene rings is 1. The molecule has 90 valence electrons. The lowest BCUT2D eigenvalue weighted by Crippen LogP contribution is -2.17. The molecule has 1 atom stereocenters. The van der Waals surface area contributed by atoms with Crippen LogP contribution in [0.15, 0.2) is 24.3 Å². The van der Waals surface area contributed by atoms with Gasteiger partial charge in [0.1, 0.15) is 5.75 Å². The van der Waals surface area contributed by atoms with Gasteiger partial charge in [-0.25, -0.2) is 0 Å². The van der Waals surface area contributed by atoms with Crippen molar-refractivity contribution in [1.29, 1.82) is 0 Å². The van der Waals surface area contributed by atoms with E-state index in [2.05, 4.69) is 12.2 Å². The van der Waals surface area contributed by atoms with Gasteiger partial charge < -0.3 is 15.2 Å². The SMILES string of the molecule is CCOc1ccccc1NCC(CC)CO. The first-order chi connectivity index (χ1) is 7.81. The zero-order valence-corrected chi connectivity index (χ0v) is 10.1. The van der Waals surface area contributed by atoms with E-state index in [1.165, 1.54) is 0 Å². The van der Waals surface area contributed by atoms with Gasteiger partial charge >= 0.3 is 0 Å². The molecule has 0 saturated heterocycles. The minimum atomic E-state index is 0.223. The molecule has 0 bridgehead atoms. The Labute approximate surface area is 97.4 Å². The van der Waals surface area contributed by atoms with Crippen molar-refractivity contribution < 1.29 is 9.84 Å². The molecule has 0 aromatic heterocycles. The summed E-state index contributed by atoms with van der Waals surface area (Å²) in [7, 11) is 0. The molecule has 0 spiro atoms. The topological polar surface area (TPSA) is 41.5 Å². The second-order valence-electron chi connectivity index (χ2n) is 3.77. The number of aliphatic hydroxyl groups is 1. The van der Waals surface area contributed by atoms with Gasteiger partial charge in [-0.2, -0.15) is 0 Å². The molecular weight excluding hydrogens is 202 g/mol. The van der Waals surface area contributed by atoms with Crippen molar-refractivity contribution in [2.45, 2.75) is 20.3 Å². The first-order valence-electron chi connectivity index (χ1n) is 5.88. The lowest BCUT2D eigenvalue weighted by Gasteiger charge is -2.16. The van der Waals surface area contributed by atoms with Crippen LogP contribution in [-0.4, -0.2) is 24.9 Å². The van der Waals surface area contributed by atoms with Crippen LogP contribution in [0.25, 0.3) is 0 Å². The van der Waals surface area contributed by atoms with Crippen LogP contribution in [0.1, 0.15) is 20.3 Å². The number of aliphatic hydroxyl groups excluding tert-OH is 1. The Morgan fingerprint density at radius 1 is 1.31 bits per heavy atom. The molecule has 16 heavy (non-hydrogen) atoms. The maximum Gasteiger partial charge on any atom is 0.142 e. The van der Waals surface area contributed by atoms with Crippen molar-refractivity contribution in [3.8, 4) is 5.75 Å². The van der Waals surface area contributed by atoms with E-state index < -0.39 is 0 Å². The quantitative estimate of drug-likeness (QED) is 0.746. The van der Waals surface area contributed by atoms with Crippen molar-refractivity contribution in [2.24, 2.45) is 5.92 Å². The Morgan fingerprint density at radius 3 is 2.69 bits per heavy atom. The molecule has 0 heterocycles. The van der Waals surface area contributed by atoms with Crippen LogP contribution in [0.5, 0.6) is 5.75 Å². The highest BCUT2D eigenvalue weighted by Crippen LogP contribution is 2.23. The van der Waals surface area contributed by atoms with Gasteiger partial charge in [-0.15, -0.1) is 0 Å². The summed E-state index contributed by atoms with van der Waals surface area (Å²) in [6, 6.07) is 7.88. The molecule has 3 heteroatoms. The summed E-state index contributed by atoms with van der Waals surface area (Å²) in [6.07, 6.45) is 0.973. The minimum Gasteiger partial charge on any atom is -0.492 e. The summed E-state index contributed by atoms with van der Waals surface area (Å²) >= 11 is 0. The fraction of sp³-hybridized carbons (Fsp3) is 0.538. The minimum absolute atomic E-state index is 0.223. The first-order valence-corrected chi connectivity index (χ1v) is 5.88. The zero-order valence-electron chi connectivity index (χ0n) is 10.1. The summed E-state index contributed by atoms with van der Waals surface area (Å²) < 4.78 is 5.51. The Bertz CT molecular complexity index is 298. The van der Waals surface area contributed by atoms with Crippen molar-refractivity contribution in [3.63, 3.8) is 0 Å². The number of ether oxygens (including phenoxy) is 1. The third-order valence-electron chi connectivity index (χ3n) is 2.60. The standard InChI is InChI=1S/C13H21NO2/c1-3-11(10-15)9-14-12-7-5-6-8-13(12)16-4-2/h5-8,11,14-15H,3-4,9-10H2,1-2H3. The van der Waals surface area contributed by atoms with Gasteiger partial charge in [0, 0.05) is 13.2 Å². The second kappa shape index (κ2) is 7.12. The number of anilines is 1. The smallest absolute Gasteiger partial charge is 0.142 e. The van der Waals surface area contributed by atoms with E-state index in [0.29, 0.717) is 12.5 Å². The highest BCUT2D eigenvalue weighted by atomic mass is 16.5. The van der Waals surface area contributed by atoms with E-state index in [0.717, 1.165) is 24.4 Å². The number of para-hydroxylation sites is 2. The molecule has 0 amide bonds. The van der Waals surface area contributed by atoms with Crippen molar-refractivity contribution >= 4 is 5.69 Å². The summed E-state index contributed by atoms with van der Waals surface area (Å²) in [5.41, 5.74) is 0.997. The van der Waals surface area contributed by atoms with Crippen LogP contribution in [-0.2, 0) is 0 Å². The van der Waals surface area contributed by atoms with Gasteiger partial charge in [0.25, 0.3) is 0 Å². The van der Waals surface area contributed by atoms with Gasteiger partial charge in [0.2, 0.25) is 0 Å². The van der Waals surface area contributed by atoms with Crippen LogP contribution in [0.3, 0.4) is 0 Å². The lowest BCUT2D eigenvalue weighted by molar-refractivity contribution is 0.229. The summed E-state index contributed by atoms with van der Waals surface area (Å²) in [5.74, 6) is 1.17. The Morgan fingerprint density at radius 2 is 2.06 bits per heavy atom. The highest BCUT2D eigenvalue weighted by molar-refractivity contribution is 5.56. The number of hydrogen-bond acceptors (Lipinski definition) is 3. The van der Waals surface area contributed by atoms with E-state index in [4.69, 9.17) is 9.84 Å². The molecule has 1 aromatic carbocycles. The predicted octanol–water partition coefficient (Wildman–Crippen LogP) is 2.52. The molecule has 0 aliphatic carbocycles. The summed E-state index contributed by atoms with van der Waals surface area (Å²) in [6.45, 7) is 5.71. The normalized spacial score (nSPS) is 12.2. The Balaban J connectivity index is 2.58. The van der Waals surface area contributed by atoms with E-state index in [1.54, 1.807) is 0 Å². The number of nitrogens with one attached hydrogen (secondary N) is 1. The Hall–Kier alpha value is -1.22. The molecule has 1 aromatic rings. The van der Waals surface area contributed by atoms with E-state index >= 15 is 0 Å². The Kier molecular flexibility index (Phi) is 5.72. The largest absolute Gasteiger partial charge is 0.492 e. The van der Waals surface area contributed by atoms with E-state index in [9.17, 15) is 0 Å². The third kappa shape index (κ3) is 3.74. The average molecular weight is 223 g/mol. The van der Waals surface area contributed by atoms with Crippen LogP contribution in [0.2, 0.25) is 0 Å². The molecule has 0 saturated carbocycles. The van der Waals surface area contributed by atoms with Crippen molar-refractivity contribution in [3.05, 3.63) is 24.3 Å². The van der Waals surface area contributed by atoms with Crippen LogP contribution in [0.4, 0.5) is 5.69 Å². The van der Waals surface area contributed by atoms with E-state index in [1.807, 2.05) is 31.2 Å². The number of rotatable bonds is 7. The second-order valence-corrected chi connectivity index (χ2v) is 3.77. The molecule has 3 nitrogen and oxygen atoms in total. The molecule has 0 radical (unpaired) electrons. The van der Waals surface area contributed by atoms with Gasteiger partial charge in [0.15, 0.2) is 0 Å². The molecule has 1 rings (SSSR count). The molecule has 2 N–H and O–H groups in total. The summed E-state index contributed by atoms with van der Waals surface area (Å²) in [5, 5.41) is 12.4. The lowest BCUT2D eigenvalue weighted by atomic mass is 10.1. The van der Waals surface area contributed by atoms with Gasteiger partial charge in [-0.1, -0.05) is 19.1 Å². The number of hydrogen-bond donors (Lipinski definition) is 2. The van der Waals surface area contributed by atoms with Crippen LogP contribution >= 0.6 is 0 Å². The zero-order chi connectivity index (χ0) is 11.8. The fourth-order valence-corrected chi connectivity index (χ4v) is 1.49. The molecule has 0 aliphatic rings. The fourth-order valence-electron chi connectivity index (χ4n) is 1.49. The maximum absolute atomic E-state index is 9.11. The maximum atomic E-state index is 9.11. The molecule has 0 aliphatic heterocycles. The van der Waals surface area contributed by atoms with Gasteiger partial charge in [-0.3, -0.25) is 0 Å². The van der Waals surface area contributed by atoms with Gasteiger partial charge in [0.05, 0.1) is 12.3 Å². The predicted molar refractivity (Wildman–Crippen MR) is 67.0 cm³/mol. The van der Waals surface area contributed by atoms with E-state index in [-0.39, 0.29) is 6.61 Å². The van der Waals surface area contributed by atoms with Gasteiger partial charge in [-0.05, 0) is 31.4 Å². The monoisotopic (exact) mass is 223 g/mol. The average Bonchev–Trinajstić information content (AvgIpc) is 2.33. The molecular formula is C13H21NO2. The van der Waals surface area contributed by atoms with Crippen molar-refractivity contribution in [1.82, 2.24) is 0 Å². The van der Waals surface area contributed by atoms with Crippen LogP contribution < -0.4 is 10.1 Å². The first kappa shape index (κ1) is 12.8. The third-order valence-corrected chi connectivity index (χ3v) is 2.60. The highest BCUT2D eigenvalue weighted by Gasteiger charge is 2.06. The van der Waals surface area contributed by atoms with Crippen molar-refractivity contribution in [2.75, 3.05) is 25.1 Å². The van der Waals surface area contributed by atoms with Crippen LogP contribution in [0, 0.1) is 5.92 Å². The summed E-state index contributed by atoms with van der Waals surface area (Å²) in [4.78, 5) is 0.